The van der Waals surface area contributed by atoms with Crippen LogP contribution in [0.1, 0.15) is 30.8 Å². The van der Waals surface area contributed by atoms with Crippen LogP contribution in [-0.4, -0.2) is 30.6 Å². The van der Waals surface area contributed by atoms with E-state index in [0.29, 0.717) is 13.0 Å². The molecule has 0 saturated carbocycles. The molecule has 0 aliphatic carbocycles. The summed E-state index contributed by atoms with van der Waals surface area (Å²) in [5, 5.41) is 5.72. The monoisotopic (exact) mass is 257 g/mol. The molecule has 5 nitrogen and oxygen atoms in total. The maximum absolute atomic E-state index is 11.8. The number of hydrogen-bond donors (Lipinski definition) is 2. The number of ether oxygens (including phenoxy) is 1. The van der Waals surface area contributed by atoms with Crippen molar-refractivity contribution in [1.29, 1.82) is 0 Å². The predicted molar refractivity (Wildman–Crippen MR) is 67.8 cm³/mol. The van der Waals surface area contributed by atoms with Crippen molar-refractivity contribution in [1.82, 2.24) is 10.3 Å². The van der Waals surface area contributed by atoms with E-state index >= 15 is 0 Å². The molecule has 3 N–H and O–H groups in total. The van der Waals surface area contributed by atoms with Gasteiger partial charge < -0.3 is 15.8 Å². The third kappa shape index (κ3) is 4.41. The van der Waals surface area contributed by atoms with Crippen LogP contribution in [0.25, 0.3) is 0 Å². The zero-order chi connectivity index (χ0) is 12.7. The summed E-state index contributed by atoms with van der Waals surface area (Å²) >= 11 is 1.54. The number of aromatic nitrogens is 1. The van der Waals surface area contributed by atoms with Crippen molar-refractivity contribution in [3.05, 3.63) is 16.6 Å². The highest BCUT2D eigenvalue weighted by atomic mass is 32.1. The Morgan fingerprint density at radius 2 is 2.47 bits per heavy atom. The molecule has 2 atom stereocenters. The standard InChI is InChI=1S/C11H19N3O2S/c1-3-9(11-13-5-7-17-11)14-10(15)8(12)4-6-16-2/h5,7-9H,3-4,6,12H2,1-2H3,(H,14,15). The number of hydrogen-bond acceptors (Lipinski definition) is 5. The Bertz CT molecular complexity index is 329. The molecule has 1 aromatic rings. The largest absolute Gasteiger partial charge is 0.385 e. The van der Waals surface area contributed by atoms with E-state index in [-0.39, 0.29) is 11.9 Å². The van der Waals surface area contributed by atoms with Crippen LogP contribution in [0.2, 0.25) is 0 Å². The van der Waals surface area contributed by atoms with Crippen LogP contribution in [0.3, 0.4) is 0 Å². The van der Waals surface area contributed by atoms with Gasteiger partial charge in [-0.05, 0) is 12.8 Å². The topological polar surface area (TPSA) is 77.2 Å². The van der Waals surface area contributed by atoms with Gasteiger partial charge in [0.1, 0.15) is 5.01 Å². The molecule has 17 heavy (non-hydrogen) atoms. The molecule has 0 radical (unpaired) electrons. The van der Waals surface area contributed by atoms with Gasteiger partial charge in [-0.15, -0.1) is 11.3 Å². The Morgan fingerprint density at radius 1 is 1.71 bits per heavy atom. The molecule has 0 spiro atoms. The number of amides is 1. The maximum Gasteiger partial charge on any atom is 0.237 e. The molecule has 6 heteroatoms. The van der Waals surface area contributed by atoms with E-state index in [9.17, 15) is 4.79 Å². The smallest absolute Gasteiger partial charge is 0.237 e. The van der Waals surface area contributed by atoms with E-state index in [1.54, 1.807) is 13.3 Å². The van der Waals surface area contributed by atoms with Crippen molar-refractivity contribution >= 4 is 17.2 Å². The molecular formula is C11H19N3O2S. The molecule has 0 aliphatic heterocycles. The summed E-state index contributed by atoms with van der Waals surface area (Å²) in [6.07, 6.45) is 3.06. The van der Waals surface area contributed by atoms with E-state index in [1.807, 2.05) is 12.3 Å². The highest BCUT2D eigenvalue weighted by Crippen LogP contribution is 2.18. The SMILES string of the molecule is CCC(NC(=O)C(N)CCOC)c1nccs1. The Labute approximate surface area is 105 Å². The summed E-state index contributed by atoms with van der Waals surface area (Å²) < 4.78 is 4.90. The first-order chi connectivity index (χ1) is 8.19. The predicted octanol–water partition coefficient (Wildman–Crippen LogP) is 1.07. The zero-order valence-corrected chi connectivity index (χ0v) is 11.0. The Morgan fingerprint density at radius 3 is 3.00 bits per heavy atom. The van der Waals surface area contributed by atoms with Crippen molar-refractivity contribution in [3.8, 4) is 0 Å². The highest BCUT2D eigenvalue weighted by Gasteiger charge is 2.19. The van der Waals surface area contributed by atoms with Crippen LogP contribution >= 0.6 is 11.3 Å². The number of rotatable bonds is 7. The van der Waals surface area contributed by atoms with Gasteiger partial charge in [0.05, 0.1) is 12.1 Å². The molecule has 0 saturated heterocycles. The van der Waals surface area contributed by atoms with Gasteiger partial charge in [0.2, 0.25) is 5.91 Å². The van der Waals surface area contributed by atoms with Crippen LogP contribution in [-0.2, 0) is 9.53 Å². The minimum absolute atomic E-state index is 0.0453. The number of carbonyl (C=O) groups is 1. The van der Waals surface area contributed by atoms with Gasteiger partial charge in [-0.25, -0.2) is 4.98 Å². The molecule has 2 unspecified atom stereocenters. The van der Waals surface area contributed by atoms with Crippen LogP contribution in [0.4, 0.5) is 0 Å². The molecular weight excluding hydrogens is 238 g/mol. The lowest BCUT2D eigenvalue weighted by Crippen LogP contribution is -2.42. The molecule has 1 heterocycles. The average Bonchev–Trinajstić information content (AvgIpc) is 2.86. The normalized spacial score (nSPS) is 14.3. The van der Waals surface area contributed by atoms with Gasteiger partial charge in [-0.2, -0.15) is 0 Å². The fourth-order valence-electron chi connectivity index (χ4n) is 1.40. The Kier molecular flexibility index (Phi) is 6.10. The number of thiazole rings is 1. The summed E-state index contributed by atoms with van der Waals surface area (Å²) in [5.74, 6) is -0.149. The quantitative estimate of drug-likeness (QED) is 0.766. The van der Waals surface area contributed by atoms with Gasteiger partial charge in [0.25, 0.3) is 0 Å². The van der Waals surface area contributed by atoms with Crippen molar-refractivity contribution in [2.24, 2.45) is 5.73 Å². The third-order valence-corrected chi connectivity index (χ3v) is 3.33. The molecule has 1 aromatic heterocycles. The first-order valence-electron chi connectivity index (χ1n) is 5.63. The van der Waals surface area contributed by atoms with Crippen molar-refractivity contribution < 1.29 is 9.53 Å². The summed E-state index contributed by atoms with van der Waals surface area (Å²) in [7, 11) is 1.59. The van der Waals surface area contributed by atoms with Gasteiger partial charge >= 0.3 is 0 Å². The van der Waals surface area contributed by atoms with E-state index in [1.165, 1.54) is 11.3 Å². The van der Waals surface area contributed by atoms with Gasteiger partial charge in [0, 0.05) is 25.3 Å². The molecule has 0 aliphatic rings. The molecule has 1 amide bonds. The minimum Gasteiger partial charge on any atom is -0.385 e. The first kappa shape index (κ1) is 14.1. The van der Waals surface area contributed by atoms with E-state index in [2.05, 4.69) is 10.3 Å². The van der Waals surface area contributed by atoms with Crippen molar-refractivity contribution in [2.45, 2.75) is 31.8 Å². The second-order valence-corrected chi connectivity index (χ2v) is 4.65. The lowest BCUT2D eigenvalue weighted by molar-refractivity contribution is -0.123. The summed E-state index contributed by atoms with van der Waals surface area (Å²) in [6, 6.07) is -0.569. The summed E-state index contributed by atoms with van der Waals surface area (Å²) in [6.45, 7) is 2.50. The first-order valence-corrected chi connectivity index (χ1v) is 6.51. The molecule has 0 bridgehead atoms. The molecule has 1 rings (SSSR count). The third-order valence-electron chi connectivity index (χ3n) is 2.44. The average molecular weight is 257 g/mol. The second-order valence-electron chi connectivity index (χ2n) is 3.73. The van der Waals surface area contributed by atoms with Crippen molar-refractivity contribution in [3.63, 3.8) is 0 Å². The summed E-state index contributed by atoms with van der Waals surface area (Å²) in [5.41, 5.74) is 5.75. The minimum atomic E-state index is -0.524. The fourth-order valence-corrected chi connectivity index (χ4v) is 2.17. The van der Waals surface area contributed by atoms with E-state index < -0.39 is 6.04 Å². The summed E-state index contributed by atoms with van der Waals surface area (Å²) in [4.78, 5) is 16.0. The Hall–Kier alpha value is -0.980. The molecule has 0 aromatic carbocycles. The number of carbonyl (C=O) groups excluding carboxylic acids is 1. The maximum atomic E-state index is 11.8. The number of nitrogens with zero attached hydrogens (tertiary/aromatic N) is 1. The fraction of sp³-hybridized carbons (Fsp3) is 0.636. The lowest BCUT2D eigenvalue weighted by Gasteiger charge is -2.17. The van der Waals surface area contributed by atoms with Gasteiger partial charge in [-0.1, -0.05) is 6.92 Å². The number of methoxy groups -OCH3 is 1. The zero-order valence-electron chi connectivity index (χ0n) is 10.2. The number of nitrogens with two attached hydrogens (primary N) is 1. The number of nitrogens with one attached hydrogen (secondary N) is 1. The molecule has 96 valence electrons. The van der Waals surface area contributed by atoms with E-state index in [4.69, 9.17) is 10.5 Å². The van der Waals surface area contributed by atoms with Crippen molar-refractivity contribution in [2.75, 3.05) is 13.7 Å². The van der Waals surface area contributed by atoms with Gasteiger partial charge in [0.15, 0.2) is 0 Å². The van der Waals surface area contributed by atoms with Crippen LogP contribution in [0.15, 0.2) is 11.6 Å². The van der Waals surface area contributed by atoms with E-state index in [0.717, 1.165) is 11.4 Å². The Balaban J connectivity index is 2.48. The molecule has 0 fully saturated rings. The van der Waals surface area contributed by atoms with Crippen LogP contribution in [0, 0.1) is 0 Å². The van der Waals surface area contributed by atoms with Crippen LogP contribution in [0.5, 0.6) is 0 Å². The van der Waals surface area contributed by atoms with Gasteiger partial charge in [-0.3, -0.25) is 4.79 Å². The van der Waals surface area contributed by atoms with Crippen LogP contribution < -0.4 is 11.1 Å². The second kappa shape index (κ2) is 7.37. The highest BCUT2D eigenvalue weighted by molar-refractivity contribution is 7.09. The lowest BCUT2D eigenvalue weighted by atomic mass is 10.2.